The molecule has 1 aromatic rings. The summed E-state index contributed by atoms with van der Waals surface area (Å²) in [6.45, 7) is 5.00. The number of aryl methyl sites for hydroxylation is 1. The van der Waals surface area contributed by atoms with Gasteiger partial charge in [0, 0.05) is 13.2 Å². The van der Waals surface area contributed by atoms with E-state index in [0.29, 0.717) is 19.6 Å². The van der Waals surface area contributed by atoms with Crippen LogP contribution in [0.5, 0.6) is 0 Å². The monoisotopic (exact) mass is 222 g/mol. The van der Waals surface area contributed by atoms with Crippen LogP contribution in [0.2, 0.25) is 0 Å². The molecule has 0 heterocycles. The van der Waals surface area contributed by atoms with Crippen molar-refractivity contribution >= 4 is 5.97 Å². The molecule has 0 aromatic heterocycles. The van der Waals surface area contributed by atoms with Crippen molar-refractivity contribution in [1.82, 2.24) is 0 Å². The number of carbonyl (C=O) groups is 1. The summed E-state index contributed by atoms with van der Waals surface area (Å²) in [6, 6.07) is 7.62. The van der Waals surface area contributed by atoms with Crippen LogP contribution < -0.4 is 0 Å². The van der Waals surface area contributed by atoms with Gasteiger partial charge in [-0.15, -0.1) is 0 Å². The molecule has 0 radical (unpaired) electrons. The van der Waals surface area contributed by atoms with Crippen molar-refractivity contribution < 1.29 is 14.6 Å². The van der Waals surface area contributed by atoms with E-state index in [1.54, 1.807) is 0 Å². The lowest BCUT2D eigenvalue weighted by Gasteiger charge is -2.12. The lowest BCUT2D eigenvalue weighted by molar-refractivity contribution is -0.139. The molecule has 1 unspecified atom stereocenters. The summed E-state index contributed by atoms with van der Waals surface area (Å²) < 4.78 is 5.20. The lowest BCUT2D eigenvalue weighted by atomic mass is 9.95. The lowest BCUT2D eigenvalue weighted by Crippen LogP contribution is -2.14. The maximum absolute atomic E-state index is 11.1. The first-order chi connectivity index (χ1) is 7.65. The maximum atomic E-state index is 11.1. The minimum Gasteiger partial charge on any atom is -0.481 e. The van der Waals surface area contributed by atoms with Crippen LogP contribution >= 0.6 is 0 Å². The summed E-state index contributed by atoms with van der Waals surface area (Å²) >= 11 is 0. The third kappa shape index (κ3) is 3.66. The summed E-state index contributed by atoms with van der Waals surface area (Å²) in [4.78, 5) is 11.1. The van der Waals surface area contributed by atoms with Crippen LogP contribution in [-0.2, 0) is 9.53 Å². The first-order valence-electron chi connectivity index (χ1n) is 5.52. The molecule has 0 amide bonds. The van der Waals surface area contributed by atoms with E-state index in [9.17, 15) is 4.79 Å². The molecule has 0 saturated carbocycles. The number of hydrogen-bond acceptors (Lipinski definition) is 2. The third-order valence-electron chi connectivity index (χ3n) is 2.53. The van der Waals surface area contributed by atoms with Crippen molar-refractivity contribution in [3.63, 3.8) is 0 Å². The zero-order chi connectivity index (χ0) is 12.0. The zero-order valence-corrected chi connectivity index (χ0v) is 9.77. The molecule has 1 rings (SSSR count). The van der Waals surface area contributed by atoms with Gasteiger partial charge in [0.05, 0.1) is 5.92 Å². The fraction of sp³-hybridized carbons (Fsp3) is 0.462. The van der Waals surface area contributed by atoms with E-state index < -0.39 is 11.9 Å². The van der Waals surface area contributed by atoms with Gasteiger partial charge in [-0.05, 0) is 25.8 Å². The molecule has 1 N–H and O–H groups in total. The second-order valence-electron chi connectivity index (χ2n) is 3.79. The van der Waals surface area contributed by atoms with Gasteiger partial charge in [0.2, 0.25) is 0 Å². The summed E-state index contributed by atoms with van der Waals surface area (Å²) in [5.74, 6) is -1.25. The van der Waals surface area contributed by atoms with Crippen LogP contribution in [0.1, 0.15) is 30.4 Å². The van der Waals surface area contributed by atoms with E-state index in [4.69, 9.17) is 9.84 Å². The van der Waals surface area contributed by atoms with E-state index in [1.807, 2.05) is 38.1 Å². The van der Waals surface area contributed by atoms with E-state index >= 15 is 0 Å². The first kappa shape index (κ1) is 12.7. The Labute approximate surface area is 96.1 Å². The van der Waals surface area contributed by atoms with Crippen molar-refractivity contribution in [2.24, 2.45) is 0 Å². The van der Waals surface area contributed by atoms with Crippen LogP contribution in [-0.4, -0.2) is 24.3 Å². The fourth-order valence-corrected chi connectivity index (χ4v) is 1.58. The molecule has 0 aliphatic heterocycles. The summed E-state index contributed by atoms with van der Waals surface area (Å²) in [6.07, 6.45) is 0.520. The molecular weight excluding hydrogens is 204 g/mol. The van der Waals surface area contributed by atoms with Gasteiger partial charge in [0.15, 0.2) is 0 Å². The molecule has 0 fully saturated rings. The Hall–Kier alpha value is -1.35. The van der Waals surface area contributed by atoms with Crippen LogP contribution in [0.15, 0.2) is 24.3 Å². The molecule has 0 spiro atoms. The van der Waals surface area contributed by atoms with Crippen molar-refractivity contribution in [1.29, 1.82) is 0 Å². The Kier molecular flexibility index (Phi) is 4.99. The van der Waals surface area contributed by atoms with Gasteiger partial charge in [0.1, 0.15) is 0 Å². The molecule has 0 bridgehead atoms. The van der Waals surface area contributed by atoms with Crippen molar-refractivity contribution in [2.45, 2.75) is 26.2 Å². The van der Waals surface area contributed by atoms with Gasteiger partial charge in [-0.2, -0.15) is 0 Å². The Morgan fingerprint density at radius 1 is 1.38 bits per heavy atom. The molecule has 16 heavy (non-hydrogen) atoms. The predicted molar refractivity (Wildman–Crippen MR) is 62.7 cm³/mol. The van der Waals surface area contributed by atoms with Crippen LogP contribution in [0.25, 0.3) is 0 Å². The van der Waals surface area contributed by atoms with E-state index in [0.717, 1.165) is 11.1 Å². The highest BCUT2D eigenvalue weighted by Gasteiger charge is 2.19. The molecule has 3 heteroatoms. The Morgan fingerprint density at radius 2 is 2.00 bits per heavy atom. The van der Waals surface area contributed by atoms with E-state index in [-0.39, 0.29) is 0 Å². The SMILES string of the molecule is CCOCCC(C(=O)O)c1ccc(C)cc1. The highest BCUT2D eigenvalue weighted by Crippen LogP contribution is 2.20. The largest absolute Gasteiger partial charge is 0.481 e. The van der Waals surface area contributed by atoms with E-state index in [2.05, 4.69) is 0 Å². The van der Waals surface area contributed by atoms with Gasteiger partial charge in [0.25, 0.3) is 0 Å². The fourth-order valence-electron chi connectivity index (χ4n) is 1.58. The molecular formula is C13H18O3. The highest BCUT2D eigenvalue weighted by atomic mass is 16.5. The maximum Gasteiger partial charge on any atom is 0.311 e. The van der Waals surface area contributed by atoms with Crippen molar-refractivity contribution in [3.05, 3.63) is 35.4 Å². The normalized spacial score (nSPS) is 12.4. The molecule has 1 atom stereocenters. The summed E-state index contributed by atoms with van der Waals surface area (Å²) in [5, 5.41) is 9.14. The molecule has 0 aliphatic carbocycles. The standard InChI is InChI=1S/C13H18O3/c1-3-16-9-8-12(13(14)15)11-6-4-10(2)5-7-11/h4-7,12H,3,8-9H2,1-2H3,(H,14,15). The number of carboxylic acid groups (broad SMARTS) is 1. The van der Waals surface area contributed by atoms with Gasteiger partial charge >= 0.3 is 5.97 Å². The number of rotatable bonds is 6. The van der Waals surface area contributed by atoms with Crippen molar-refractivity contribution in [2.75, 3.05) is 13.2 Å². The molecule has 88 valence electrons. The highest BCUT2D eigenvalue weighted by molar-refractivity contribution is 5.76. The topological polar surface area (TPSA) is 46.5 Å². The Bertz CT molecular complexity index is 330. The first-order valence-corrected chi connectivity index (χ1v) is 5.52. The average Bonchev–Trinajstić information content (AvgIpc) is 2.26. The minimum atomic E-state index is -0.788. The Morgan fingerprint density at radius 3 is 2.50 bits per heavy atom. The quantitative estimate of drug-likeness (QED) is 0.752. The second-order valence-corrected chi connectivity index (χ2v) is 3.79. The zero-order valence-electron chi connectivity index (χ0n) is 9.77. The molecule has 3 nitrogen and oxygen atoms in total. The molecule has 0 saturated heterocycles. The minimum absolute atomic E-state index is 0.466. The Balaban J connectivity index is 2.69. The number of hydrogen-bond donors (Lipinski definition) is 1. The van der Waals surface area contributed by atoms with Crippen LogP contribution in [0.3, 0.4) is 0 Å². The smallest absolute Gasteiger partial charge is 0.311 e. The third-order valence-corrected chi connectivity index (χ3v) is 2.53. The molecule has 1 aromatic carbocycles. The summed E-state index contributed by atoms with van der Waals surface area (Å²) in [7, 11) is 0. The van der Waals surface area contributed by atoms with Crippen LogP contribution in [0, 0.1) is 6.92 Å². The van der Waals surface area contributed by atoms with Gasteiger partial charge in [-0.1, -0.05) is 29.8 Å². The van der Waals surface area contributed by atoms with Crippen molar-refractivity contribution in [3.8, 4) is 0 Å². The van der Waals surface area contributed by atoms with Crippen LogP contribution in [0.4, 0.5) is 0 Å². The summed E-state index contributed by atoms with van der Waals surface area (Å²) in [5.41, 5.74) is 1.98. The number of ether oxygens (including phenoxy) is 1. The number of aliphatic carboxylic acids is 1. The molecule has 0 aliphatic rings. The average molecular weight is 222 g/mol. The van der Waals surface area contributed by atoms with Gasteiger partial charge < -0.3 is 9.84 Å². The number of benzene rings is 1. The number of carboxylic acids is 1. The van der Waals surface area contributed by atoms with Gasteiger partial charge in [-0.25, -0.2) is 0 Å². The van der Waals surface area contributed by atoms with E-state index in [1.165, 1.54) is 0 Å². The van der Waals surface area contributed by atoms with Gasteiger partial charge in [-0.3, -0.25) is 4.79 Å². The second kappa shape index (κ2) is 6.28. The predicted octanol–water partition coefficient (Wildman–Crippen LogP) is 2.59.